The lowest BCUT2D eigenvalue weighted by molar-refractivity contribution is -0.131. The molecule has 3 aliphatic rings. The van der Waals surface area contributed by atoms with Gasteiger partial charge in [-0.15, -0.1) is 0 Å². The fourth-order valence-corrected chi connectivity index (χ4v) is 6.39. The standard InChI is InChI=1S/C20H29N3O3S/c1-16-4-5-19-17(13-16)3-2-7-23(19)14-20(24)22-10-8-21(9-11-22)18-6-12-27(25,26)15-18/h4-5,13,18H,2-3,6-12,14-15H2,1H3/t18-/m0/s1. The fraction of sp³-hybridized carbons (Fsp3) is 0.650. The minimum Gasteiger partial charge on any atom is -0.362 e. The van der Waals surface area contributed by atoms with Gasteiger partial charge in [-0.3, -0.25) is 9.69 Å². The molecule has 6 nitrogen and oxygen atoms in total. The number of carbonyl (C=O) groups is 1. The normalized spacial score (nSPS) is 25.4. The summed E-state index contributed by atoms with van der Waals surface area (Å²) < 4.78 is 23.4. The largest absolute Gasteiger partial charge is 0.362 e. The second-order valence-electron chi connectivity index (χ2n) is 8.13. The molecule has 1 amide bonds. The highest BCUT2D eigenvalue weighted by Crippen LogP contribution is 2.28. The van der Waals surface area contributed by atoms with Gasteiger partial charge in [0.25, 0.3) is 0 Å². The summed E-state index contributed by atoms with van der Waals surface area (Å²) >= 11 is 0. The second-order valence-corrected chi connectivity index (χ2v) is 10.4. The quantitative estimate of drug-likeness (QED) is 0.772. The average Bonchev–Trinajstić information content (AvgIpc) is 3.01. The Morgan fingerprint density at radius 3 is 2.63 bits per heavy atom. The van der Waals surface area contributed by atoms with Gasteiger partial charge >= 0.3 is 0 Å². The predicted octanol–water partition coefficient (Wildman–Crippen LogP) is 1.08. The molecule has 0 radical (unpaired) electrons. The highest BCUT2D eigenvalue weighted by atomic mass is 32.2. The van der Waals surface area contributed by atoms with E-state index in [0.717, 1.165) is 38.9 Å². The summed E-state index contributed by atoms with van der Waals surface area (Å²) in [4.78, 5) is 19.3. The lowest BCUT2D eigenvalue weighted by Crippen LogP contribution is -2.54. The molecule has 1 atom stereocenters. The summed E-state index contributed by atoms with van der Waals surface area (Å²) in [6, 6.07) is 6.65. The topological polar surface area (TPSA) is 60.9 Å². The van der Waals surface area contributed by atoms with E-state index >= 15 is 0 Å². The van der Waals surface area contributed by atoms with Crippen molar-refractivity contribution in [2.75, 3.05) is 55.7 Å². The smallest absolute Gasteiger partial charge is 0.242 e. The molecule has 0 aliphatic carbocycles. The fourth-order valence-electron chi connectivity index (χ4n) is 4.63. The van der Waals surface area contributed by atoms with E-state index in [4.69, 9.17) is 0 Å². The van der Waals surface area contributed by atoms with Crippen LogP contribution in [0.15, 0.2) is 18.2 Å². The number of anilines is 1. The van der Waals surface area contributed by atoms with Crippen LogP contribution in [-0.2, 0) is 21.1 Å². The summed E-state index contributed by atoms with van der Waals surface area (Å²) in [5.41, 5.74) is 3.82. The Bertz CT molecular complexity index is 816. The van der Waals surface area contributed by atoms with Crippen LogP contribution in [0.25, 0.3) is 0 Å². The zero-order valence-electron chi connectivity index (χ0n) is 16.1. The third-order valence-corrected chi connectivity index (χ3v) is 7.92. The Balaban J connectivity index is 1.33. The zero-order valence-corrected chi connectivity index (χ0v) is 16.9. The summed E-state index contributed by atoms with van der Waals surface area (Å²) in [6.45, 7) is 6.44. The number of fused-ring (bicyclic) bond motifs is 1. The van der Waals surface area contributed by atoms with Crippen molar-refractivity contribution in [1.29, 1.82) is 0 Å². The molecule has 3 aliphatic heterocycles. The number of sulfone groups is 1. The first-order chi connectivity index (χ1) is 12.9. The molecule has 0 saturated carbocycles. The Hall–Kier alpha value is -1.60. The Kier molecular flexibility index (Phi) is 5.16. The second kappa shape index (κ2) is 7.43. The lowest BCUT2D eigenvalue weighted by Gasteiger charge is -2.39. The molecule has 0 spiro atoms. The highest BCUT2D eigenvalue weighted by molar-refractivity contribution is 7.91. The first-order valence-corrected chi connectivity index (χ1v) is 11.8. The van der Waals surface area contributed by atoms with E-state index in [1.165, 1.54) is 16.8 Å². The number of hydrogen-bond donors (Lipinski definition) is 0. The third kappa shape index (κ3) is 4.14. The molecule has 1 aromatic rings. The number of rotatable bonds is 3. The molecule has 1 aromatic carbocycles. The van der Waals surface area contributed by atoms with Gasteiger partial charge in [-0.1, -0.05) is 17.7 Å². The van der Waals surface area contributed by atoms with Crippen molar-refractivity contribution >= 4 is 21.4 Å². The van der Waals surface area contributed by atoms with Crippen molar-refractivity contribution in [2.24, 2.45) is 0 Å². The number of amides is 1. The van der Waals surface area contributed by atoms with Crippen LogP contribution in [0.2, 0.25) is 0 Å². The van der Waals surface area contributed by atoms with Crippen molar-refractivity contribution < 1.29 is 13.2 Å². The molecular weight excluding hydrogens is 362 g/mol. The van der Waals surface area contributed by atoms with Gasteiger partial charge in [0.1, 0.15) is 0 Å². The average molecular weight is 392 g/mol. The Morgan fingerprint density at radius 2 is 1.93 bits per heavy atom. The van der Waals surface area contributed by atoms with Gasteiger partial charge in [-0.25, -0.2) is 8.42 Å². The molecule has 0 bridgehead atoms. The van der Waals surface area contributed by atoms with E-state index in [2.05, 4.69) is 34.9 Å². The van der Waals surface area contributed by atoms with Crippen molar-refractivity contribution in [3.8, 4) is 0 Å². The molecule has 0 aromatic heterocycles. The maximum atomic E-state index is 12.8. The number of aryl methyl sites for hydroxylation is 2. The minimum absolute atomic E-state index is 0.143. The van der Waals surface area contributed by atoms with Crippen molar-refractivity contribution in [3.05, 3.63) is 29.3 Å². The third-order valence-electron chi connectivity index (χ3n) is 6.17. The Morgan fingerprint density at radius 1 is 1.15 bits per heavy atom. The molecular formula is C20H29N3O3S. The molecule has 148 valence electrons. The summed E-state index contributed by atoms with van der Waals surface area (Å²) in [7, 11) is -2.85. The first-order valence-electron chi connectivity index (χ1n) is 9.98. The van der Waals surface area contributed by atoms with Crippen LogP contribution >= 0.6 is 0 Å². The van der Waals surface area contributed by atoms with Crippen LogP contribution in [0.5, 0.6) is 0 Å². The molecule has 2 fully saturated rings. The number of nitrogens with zero attached hydrogens (tertiary/aromatic N) is 3. The van der Waals surface area contributed by atoms with Gasteiger partial charge in [-0.05, 0) is 37.8 Å². The molecule has 7 heteroatoms. The lowest BCUT2D eigenvalue weighted by atomic mass is 9.99. The van der Waals surface area contributed by atoms with Gasteiger partial charge < -0.3 is 9.80 Å². The highest BCUT2D eigenvalue weighted by Gasteiger charge is 2.34. The van der Waals surface area contributed by atoms with Gasteiger partial charge in [0.15, 0.2) is 9.84 Å². The van der Waals surface area contributed by atoms with E-state index < -0.39 is 9.84 Å². The molecule has 2 saturated heterocycles. The molecule has 0 N–H and O–H groups in total. The molecule has 0 unspecified atom stereocenters. The molecule has 27 heavy (non-hydrogen) atoms. The number of hydrogen-bond acceptors (Lipinski definition) is 5. The molecule has 3 heterocycles. The maximum absolute atomic E-state index is 12.8. The van der Waals surface area contributed by atoms with Crippen LogP contribution in [0.3, 0.4) is 0 Å². The number of carbonyl (C=O) groups excluding carboxylic acids is 1. The van der Waals surface area contributed by atoms with E-state index in [-0.39, 0.29) is 17.7 Å². The van der Waals surface area contributed by atoms with Crippen LogP contribution in [0.1, 0.15) is 24.0 Å². The van der Waals surface area contributed by atoms with E-state index in [1.54, 1.807) is 0 Å². The van der Waals surface area contributed by atoms with Crippen molar-refractivity contribution in [1.82, 2.24) is 9.80 Å². The first kappa shape index (κ1) is 18.7. The van der Waals surface area contributed by atoms with Crippen LogP contribution in [0.4, 0.5) is 5.69 Å². The van der Waals surface area contributed by atoms with E-state index in [9.17, 15) is 13.2 Å². The maximum Gasteiger partial charge on any atom is 0.242 e. The van der Waals surface area contributed by atoms with Gasteiger partial charge in [0.05, 0.1) is 18.1 Å². The monoisotopic (exact) mass is 391 g/mol. The summed E-state index contributed by atoms with van der Waals surface area (Å²) in [5, 5.41) is 0. The molecule has 4 rings (SSSR count). The van der Waals surface area contributed by atoms with E-state index in [1.807, 2.05) is 4.90 Å². The van der Waals surface area contributed by atoms with E-state index in [0.29, 0.717) is 25.4 Å². The number of benzene rings is 1. The van der Waals surface area contributed by atoms with Gasteiger partial charge in [0, 0.05) is 44.5 Å². The predicted molar refractivity (Wildman–Crippen MR) is 107 cm³/mol. The van der Waals surface area contributed by atoms with Crippen LogP contribution in [-0.4, -0.2) is 80.9 Å². The minimum atomic E-state index is -2.85. The Labute approximate surface area is 162 Å². The summed E-state index contributed by atoms with van der Waals surface area (Å²) in [5.74, 6) is 0.775. The number of piperazine rings is 1. The SMILES string of the molecule is Cc1ccc2c(c1)CCCN2CC(=O)N1CCN([C@H]2CCS(=O)(=O)C2)CC1. The summed E-state index contributed by atoms with van der Waals surface area (Å²) in [6.07, 6.45) is 2.92. The van der Waals surface area contributed by atoms with Crippen molar-refractivity contribution in [3.63, 3.8) is 0 Å². The van der Waals surface area contributed by atoms with Gasteiger partial charge in [0.2, 0.25) is 5.91 Å². The van der Waals surface area contributed by atoms with Crippen LogP contribution in [0, 0.1) is 6.92 Å². The van der Waals surface area contributed by atoms with Gasteiger partial charge in [-0.2, -0.15) is 0 Å². The zero-order chi connectivity index (χ0) is 19.0. The van der Waals surface area contributed by atoms with Crippen molar-refractivity contribution in [2.45, 2.75) is 32.2 Å². The van der Waals surface area contributed by atoms with Crippen LogP contribution < -0.4 is 4.90 Å².